The third-order valence-electron chi connectivity index (χ3n) is 1.32. The van der Waals surface area contributed by atoms with Crippen LogP contribution in [0.2, 0.25) is 0 Å². The summed E-state index contributed by atoms with van der Waals surface area (Å²) in [4.78, 5) is 3.62. The summed E-state index contributed by atoms with van der Waals surface area (Å²) in [6.45, 7) is 7.49. The van der Waals surface area contributed by atoms with Gasteiger partial charge in [0.25, 0.3) is 0 Å². The number of nitrogens with zero attached hydrogens (tertiary/aromatic N) is 1. The van der Waals surface area contributed by atoms with Crippen molar-refractivity contribution in [3.63, 3.8) is 0 Å². The van der Waals surface area contributed by atoms with Crippen LogP contribution in [0.5, 0.6) is 5.75 Å². The van der Waals surface area contributed by atoms with E-state index in [1.807, 2.05) is 20.8 Å². The zero-order chi connectivity index (χ0) is 10.1. The van der Waals surface area contributed by atoms with Gasteiger partial charge in [-0.3, -0.25) is 0 Å². The van der Waals surface area contributed by atoms with Crippen molar-refractivity contribution in [2.45, 2.75) is 33.3 Å². The van der Waals surface area contributed by atoms with Crippen LogP contribution in [0.1, 0.15) is 26.5 Å². The number of aryl methyl sites for hydroxylation is 1. The lowest BCUT2D eigenvalue weighted by Gasteiger charge is -2.21. The second kappa shape index (κ2) is 3.32. The minimum atomic E-state index is -0.501. The Kier molecular flexibility index (Phi) is 2.55. The molecule has 1 heterocycles. The molecular formula is C10H14FNO. The van der Waals surface area contributed by atoms with Crippen molar-refractivity contribution in [3.05, 3.63) is 23.8 Å². The summed E-state index contributed by atoms with van der Waals surface area (Å²) in [5.41, 5.74) is 0.319. The minimum Gasteiger partial charge on any atom is -0.488 e. The Bertz CT molecular complexity index is 284. The van der Waals surface area contributed by atoms with Crippen molar-refractivity contribution in [1.29, 1.82) is 0 Å². The van der Waals surface area contributed by atoms with Crippen molar-refractivity contribution >= 4 is 0 Å². The van der Waals surface area contributed by atoms with E-state index in [0.717, 1.165) is 0 Å². The fraction of sp³-hybridized carbons (Fsp3) is 0.500. The lowest BCUT2D eigenvalue weighted by molar-refractivity contribution is 0.130. The average Bonchev–Trinajstić information content (AvgIpc) is 1.78. The topological polar surface area (TPSA) is 22.1 Å². The van der Waals surface area contributed by atoms with E-state index in [1.54, 1.807) is 13.0 Å². The predicted octanol–water partition coefficient (Wildman–Crippen LogP) is 2.71. The van der Waals surface area contributed by atoms with Crippen LogP contribution in [0.15, 0.2) is 12.1 Å². The molecule has 0 unspecified atom stereocenters. The van der Waals surface area contributed by atoms with Crippen LogP contribution in [0.4, 0.5) is 4.39 Å². The fourth-order valence-corrected chi connectivity index (χ4v) is 1.01. The van der Waals surface area contributed by atoms with E-state index in [0.29, 0.717) is 11.4 Å². The van der Waals surface area contributed by atoms with Crippen LogP contribution >= 0.6 is 0 Å². The van der Waals surface area contributed by atoms with E-state index in [1.165, 1.54) is 6.07 Å². The molecular weight excluding hydrogens is 169 g/mol. The lowest BCUT2D eigenvalue weighted by atomic mass is 10.2. The van der Waals surface area contributed by atoms with Crippen molar-refractivity contribution in [2.75, 3.05) is 0 Å². The van der Waals surface area contributed by atoms with Crippen LogP contribution < -0.4 is 4.74 Å². The van der Waals surface area contributed by atoms with E-state index in [2.05, 4.69) is 4.98 Å². The zero-order valence-corrected chi connectivity index (χ0v) is 8.39. The highest BCUT2D eigenvalue weighted by molar-refractivity contribution is 5.23. The first-order valence-corrected chi connectivity index (χ1v) is 4.20. The molecule has 0 saturated heterocycles. The fourth-order valence-electron chi connectivity index (χ4n) is 1.01. The van der Waals surface area contributed by atoms with Gasteiger partial charge in [-0.2, -0.15) is 4.39 Å². The highest BCUT2D eigenvalue weighted by atomic mass is 19.1. The first kappa shape index (κ1) is 9.96. The molecule has 0 aromatic carbocycles. The van der Waals surface area contributed by atoms with Gasteiger partial charge in [0.2, 0.25) is 5.95 Å². The standard InChI is InChI=1S/C10H14FNO/c1-7-5-8(6-9(11)12-7)13-10(2,3)4/h5-6H,1-4H3. The average molecular weight is 183 g/mol. The summed E-state index contributed by atoms with van der Waals surface area (Å²) in [6, 6.07) is 3.01. The molecule has 1 aromatic rings. The molecule has 0 aliphatic heterocycles. The normalized spacial score (nSPS) is 11.5. The van der Waals surface area contributed by atoms with Crippen LogP contribution in [0.3, 0.4) is 0 Å². The van der Waals surface area contributed by atoms with Crippen molar-refractivity contribution < 1.29 is 9.13 Å². The minimum absolute atomic E-state index is 0.305. The van der Waals surface area contributed by atoms with Crippen LogP contribution in [-0.2, 0) is 0 Å². The van der Waals surface area contributed by atoms with Gasteiger partial charge >= 0.3 is 0 Å². The maximum atomic E-state index is 12.8. The number of rotatable bonds is 1. The Balaban J connectivity index is 2.90. The Morgan fingerprint density at radius 2 is 1.92 bits per heavy atom. The Morgan fingerprint density at radius 3 is 2.38 bits per heavy atom. The Labute approximate surface area is 77.8 Å². The van der Waals surface area contributed by atoms with Gasteiger partial charge in [0.15, 0.2) is 0 Å². The maximum absolute atomic E-state index is 12.8. The summed E-state index contributed by atoms with van der Waals surface area (Å²) in [6.07, 6.45) is 0. The summed E-state index contributed by atoms with van der Waals surface area (Å²) < 4.78 is 18.3. The second-order valence-corrected chi connectivity index (χ2v) is 3.98. The zero-order valence-electron chi connectivity index (χ0n) is 8.39. The van der Waals surface area contributed by atoms with E-state index >= 15 is 0 Å². The van der Waals surface area contributed by atoms with Crippen LogP contribution in [0, 0.1) is 12.9 Å². The summed E-state index contributed by atoms with van der Waals surface area (Å²) in [7, 11) is 0. The predicted molar refractivity (Wildman–Crippen MR) is 49.3 cm³/mol. The number of halogens is 1. The van der Waals surface area contributed by atoms with Gasteiger partial charge in [-0.1, -0.05) is 0 Å². The van der Waals surface area contributed by atoms with Gasteiger partial charge in [-0.05, 0) is 27.7 Å². The lowest BCUT2D eigenvalue weighted by Crippen LogP contribution is -2.23. The molecule has 1 aromatic heterocycles. The Morgan fingerprint density at radius 1 is 1.31 bits per heavy atom. The number of aromatic nitrogens is 1. The van der Waals surface area contributed by atoms with E-state index in [-0.39, 0.29) is 5.60 Å². The molecule has 13 heavy (non-hydrogen) atoms. The highest BCUT2D eigenvalue weighted by Gasteiger charge is 2.12. The van der Waals surface area contributed by atoms with Crippen molar-refractivity contribution in [1.82, 2.24) is 4.98 Å². The molecule has 0 saturated carbocycles. The van der Waals surface area contributed by atoms with Gasteiger partial charge in [0, 0.05) is 17.8 Å². The van der Waals surface area contributed by atoms with Crippen LogP contribution in [0.25, 0.3) is 0 Å². The van der Waals surface area contributed by atoms with Gasteiger partial charge in [-0.25, -0.2) is 4.98 Å². The molecule has 0 atom stereocenters. The third kappa shape index (κ3) is 3.40. The molecule has 72 valence electrons. The molecule has 3 heteroatoms. The third-order valence-corrected chi connectivity index (χ3v) is 1.32. The van der Waals surface area contributed by atoms with Gasteiger partial charge in [0.05, 0.1) is 0 Å². The summed E-state index contributed by atoms with van der Waals surface area (Å²) >= 11 is 0. The Hall–Kier alpha value is -1.12. The largest absolute Gasteiger partial charge is 0.488 e. The maximum Gasteiger partial charge on any atom is 0.216 e. The van der Waals surface area contributed by atoms with Crippen molar-refractivity contribution in [3.8, 4) is 5.75 Å². The molecule has 0 aliphatic carbocycles. The summed E-state index contributed by atoms with van der Waals surface area (Å²) in [5, 5.41) is 0. The smallest absolute Gasteiger partial charge is 0.216 e. The van der Waals surface area contributed by atoms with Gasteiger partial charge < -0.3 is 4.74 Å². The van der Waals surface area contributed by atoms with Crippen LogP contribution in [-0.4, -0.2) is 10.6 Å². The molecule has 0 amide bonds. The molecule has 0 N–H and O–H groups in total. The first-order valence-electron chi connectivity index (χ1n) is 4.20. The van der Waals surface area contributed by atoms with E-state index in [4.69, 9.17) is 4.74 Å². The summed E-state index contributed by atoms with van der Waals surface area (Å²) in [5.74, 6) is 0.0248. The van der Waals surface area contributed by atoms with E-state index in [9.17, 15) is 4.39 Å². The second-order valence-electron chi connectivity index (χ2n) is 3.98. The van der Waals surface area contributed by atoms with Gasteiger partial charge in [-0.15, -0.1) is 0 Å². The molecule has 0 spiro atoms. The molecule has 0 fully saturated rings. The monoisotopic (exact) mass is 183 g/mol. The molecule has 1 rings (SSSR count). The van der Waals surface area contributed by atoms with Gasteiger partial charge in [0.1, 0.15) is 11.4 Å². The van der Waals surface area contributed by atoms with Crippen molar-refractivity contribution in [2.24, 2.45) is 0 Å². The first-order chi connectivity index (χ1) is 5.87. The molecule has 2 nitrogen and oxygen atoms in total. The number of pyridine rings is 1. The highest BCUT2D eigenvalue weighted by Crippen LogP contribution is 2.18. The number of hydrogen-bond acceptors (Lipinski definition) is 2. The number of hydrogen-bond donors (Lipinski definition) is 0. The molecule has 0 aliphatic rings. The number of ether oxygens (including phenoxy) is 1. The SMILES string of the molecule is Cc1cc(OC(C)(C)C)cc(F)n1. The molecule has 0 bridgehead atoms. The quantitative estimate of drug-likeness (QED) is 0.624. The van der Waals surface area contributed by atoms with E-state index < -0.39 is 5.95 Å². The molecule has 0 radical (unpaired) electrons.